The van der Waals surface area contributed by atoms with Crippen molar-refractivity contribution in [2.24, 2.45) is 0 Å². The molecule has 0 unspecified atom stereocenters. The average Bonchev–Trinajstić information content (AvgIpc) is 3.39. The zero-order valence-corrected chi connectivity index (χ0v) is 22.2. The molecule has 0 aliphatic heterocycles. The number of aromatic nitrogens is 2. The number of carboxylic acids is 1. The number of nitrogens with one attached hydrogen (secondary N) is 1. The highest BCUT2D eigenvalue weighted by Crippen LogP contribution is 2.34. The SMILES string of the molecule is O=C(N[C@@H](Cc1ccc(-c2ccc(OC(F)(F)F)cc2)cc1)C(=O)O)c1cnn(-c2ccc(OC(F)(F)F)cc2)c1C(F)(F)F. The summed E-state index contributed by atoms with van der Waals surface area (Å²) < 4.78 is 124. The Morgan fingerprint density at radius 2 is 1.22 bits per heavy atom. The van der Waals surface area contributed by atoms with Crippen molar-refractivity contribution in [3.05, 3.63) is 95.8 Å². The van der Waals surface area contributed by atoms with Gasteiger partial charge >= 0.3 is 24.9 Å². The number of rotatable bonds is 9. The van der Waals surface area contributed by atoms with E-state index in [1.165, 1.54) is 36.4 Å². The van der Waals surface area contributed by atoms with E-state index in [0.717, 1.165) is 36.4 Å². The third-order valence-corrected chi connectivity index (χ3v) is 6.02. The van der Waals surface area contributed by atoms with Crippen molar-refractivity contribution in [2.75, 3.05) is 0 Å². The van der Waals surface area contributed by atoms with E-state index in [9.17, 15) is 54.2 Å². The highest BCUT2D eigenvalue weighted by molar-refractivity contribution is 5.97. The summed E-state index contributed by atoms with van der Waals surface area (Å²) in [6, 6.07) is 12.4. The molecule has 17 heteroatoms. The minimum atomic E-state index is -5.20. The summed E-state index contributed by atoms with van der Waals surface area (Å²) in [6.45, 7) is 0. The smallest absolute Gasteiger partial charge is 0.480 e. The molecular weight excluding hydrogens is 629 g/mol. The molecule has 2 N–H and O–H groups in total. The minimum Gasteiger partial charge on any atom is -0.480 e. The van der Waals surface area contributed by atoms with Crippen LogP contribution in [0.2, 0.25) is 0 Å². The number of amides is 1. The number of hydrogen-bond acceptors (Lipinski definition) is 5. The van der Waals surface area contributed by atoms with Gasteiger partial charge in [0.1, 0.15) is 17.5 Å². The van der Waals surface area contributed by atoms with Crippen LogP contribution in [0.4, 0.5) is 39.5 Å². The first-order chi connectivity index (χ1) is 20.9. The Morgan fingerprint density at radius 3 is 1.67 bits per heavy atom. The molecule has 4 rings (SSSR count). The normalized spacial score (nSPS) is 12.8. The lowest BCUT2D eigenvalue weighted by molar-refractivity contribution is -0.275. The lowest BCUT2D eigenvalue weighted by Gasteiger charge is -2.17. The van der Waals surface area contributed by atoms with Crippen molar-refractivity contribution < 1.29 is 63.7 Å². The van der Waals surface area contributed by atoms with Crippen LogP contribution in [0.1, 0.15) is 21.6 Å². The van der Waals surface area contributed by atoms with E-state index in [-0.39, 0.29) is 16.8 Å². The van der Waals surface area contributed by atoms with Crippen LogP contribution in [0.5, 0.6) is 11.5 Å². The number of ether oxygens (including phenoxy) is 2. The van der Waals surface area contributed by atoms with Crippen LogP contribution in [0.25, 0.3) is 16.8 Å². The molecule has 1 heterocycles. The van der Waals surface area contributed by atoms with E-state index in [1.807, 2.05) is 5.32 Å². The monoisotopic (exact) mass is 647 g/mol. The highest BCUT2D eigenvalue weighted by Gasteiger charge is 2.41. The summed E-state index contributed by atoms with van der Waals surface area (Å²) in [7, 11) is 0. The molecule has 0 fully saturated rings. The van der Waals surface area contributed by atoms with Crippen LogP contribution in [0.15, 0.2) is 79.0 Å². The van der Waals surface area contributed by atoms with Gasteiger partial charge in [0, 0.05) is 6.42 Å². The second kappa shape index (κ2) is 12.4. The Morgan fingerprint density at radius 1 is 0.756 bits per heavy atom. The highest BCUT2D eigenvalue weighted by atomic mass is 19.4. The molecule has 4 aromatic rings. The molecule has 1 aromatic heterocycles. The quantitative estimate of drug-likeness (QED) is 0.194. The molecule has 238 valence electrons. The van der Waals surface area contributed by atoms with E-state index >= 15 is 0 Å². The van der Waals surface area contributed by atoms with Gasteiger partial charge < -0.3 is 19.9 Å². The van der Waals surface area contributed by atoms with Gasteiger partial charge in [-0.2, -0.15) is 18.3 Å². The fourth-order valence-corrected chi connectivity index (χ4v) is 4.13. The first kappa shape index (κ1) is 32.7. The van der Waals surface area contributed by atoms with Gasteiger partial charge in [-0.25, -0.2) is 9.48 Å². The Kier molecular flexibility index (Phi) is 9.02. The molecule has 3 aromatic carbocycles. The molecule has 1 amide bonds. The Balaban J connectivity index is 1.50. The fourth-order valence-electron chi connectivity index (χ4n) is 4.13. The summed E-state index contributed by atoms with van der Waals surface area (Å²) in [4.78, 5) is 24.8. The summed E-state index contributed by atoms with van der Waals surface area (Å²) in [5, 5.41) is 15.2. The van der Waals surface area contributed by atoms with Gasteiger partial charge in [-0.15, -0.1) is 26.3 Å². The van der Waals surface area contributed by atoms with Crippen LogP contribution >= 0.6 is 0 Å². The van der Waals surface area contributed by atoms with Gasteiger partial charge in [0.05, 0.1) is 17.4 Å². The van der Waals surface area contributed by atoms with Gasteiger partial charge in [-0.3, -0.25) is 4.79 Å². The zero-order valence-electron chi connectivity index (χ0n) is 22.2. The zero-order chi connectivity index (χ0) is 33.2. The number of benzene rings is 3. The van der Waals surface area contributed by atoms with Crippen molar-refractivity contribution in [1.29, 1.82) is 0 Å². The number of halogens is 9. The summed E-state index contributed by atoms with van der Waals surface area (Å²) in [6.07, 6.45) is -14.9. The van der Waals surface area contributed by atoms with Gasteiger partial charge in [-0.05, 0) is 53.1 Å². The molecule has 0 bridgehead atoms. The predicted molar refractivity (Wildman–Crippen MR) is 136 cm³/mol. The maximum atomic E-state index is 14.0. The summed E-state index contributed by atoms with van der Waals surface area (Å²) in [5.41, 5.74) is -1.64. The average molecular weight is 647 g/mol. The molecule has 45 heavy (non-hydrogen) atoms. The Hall–Kier alpha value is -5.22. The predicted octanol–water partition coefficient (Wildman–Crippen LogP) is 6.78. The molecule has 0 aliphatic carbocycles. The third kappa shape index (κ3) is 8.67. The molecule has 0 aliphatic rings. The standard InChI is InChI=1S/C28H18F9N3O5/c29-26(30,31)23-21(14-38-40(23)18-7-11-20(12-8-18)45-28(35,36)37)24(41)39-22(25(42)43)13-15-1-3-16(4-2-15)17-5-9-19(10-6-17)44-27(32,33)34/h1-12,14,22H,13H2,(H,39,41)(H,42,43)/t22-/m0/s1. The number of hydrogen-bond donors (Lipinski definition) is 2. The number of carboxylic acid groups (broad SMARTS) is 1. The van der Waals surface area contributed by atoms with Crippen molar-refractivity contribution in [3.63, 3.8) is 0 Å². The van der Waals surface area contributed by atoms with E-state index in [4.69, 9.17) is 0 Å². The molecule has 1 atom stereocenters. The maximum Gasteiger partial charge on any atom is 0.573 e. The van der Waals surface area contributed by atoms with Crippen molar-refractivity contribution >= 4 is 11.9 Å². The molecule has 0 spiro atoms. The van der Waals surface area contributed by atoms with Crippen molar-refractivity contribution in [3.8, 4) is 28.3 Å². The number of carbonyl (C=O) groups excluding carboxylic acids is 1. The molecule has 0 radical (unpaired) electrons. The van der Waals surface area contributed by atoms with Gasteiger partial charge in [0.15, 0.2) is 5.69 Å². The molecule has 0 saturated heterocycles. The Bertz CT molecular complexity index is 1650. The van der Waals surface area contributed by atoms with Gasteiger partial charge in [-0.1, -0.05) is 36.4 Å². The van der Waals surface area contributed by atoms with E-state index in [0.29, 0.717) is 22.9 Å². The van der Waals surface area contributed by atoms with E-state index < -0.39 is 59.6 Å². The van der Waals surface area contributed by atoms with Crippen LogP contribution in [0.3, 0.4) is 0 Å². The first-order valence-corrected chi connectivity index (χ1v) is 12.4. The lowest BCUT2D eigenvalue weighted by atomic mass is 10.0. The van der Waals surface area contributed by atoms with Crippen molar-refractivity contribution in [1.82, 2.24) is 15.1 Å². The van der Waals surface area contributed by atoms with Gasteiger partial charge in [0.25, 0.3) is 5.91 Å². The van der Waals surface area contributed by atoms with Crippen LogP contribution < -0.4 is 14.8 Å². The largest absolute Gasteiger partial charge is 0.573 e. The van der Waals surface area contributed by atoms with E-state index in [1.54, 1.807) is 0 Å². The summed E-state index contributed by atoms with van der Waals surface area (Å²) in [5.74, 6) is -4.16. The number of nitrogens with zero attached hydrogens (tertiary/aromatic N) is 2. The van der Waals surface area contributed by atoms with Crippen LogP contribution in [-0.4, -0.2) is 45.5 Å². The fraction of sp³-hybridized carbons (Fsp3) is 0.179. The van der Waals surface area contributed by atoms with E-state index in [2.05, 4.69) is 14.6 Å². The van der Waals surface area contributed by atoms with Crippen LogP contribution in [-0.2, 0) is 17.4 Å². The maximum absolute atomic E-state index is 14.0. The second-order valence-corrected chi connectivity index (χ2v) is 9.20. The second-order valence-electron chi connectivity index (χ2n) is 9.20. The van der Waals surface area contributed by atoms with Crippen molar-refractivity contribution in [2.45, 2.75) is 31.4 Å². The summed E-state index contributed by atoms with van der Waals surface area (Å²) >= 11 is 0. The minimum absolute atomic E-state index is 0.266. The topological polar surface area (TPSA) is 103 Å². The molecule has 0 saturated carbocycles. The molecular formula is C28H18F9N3O5. The number of aliphatic carboxylic acids is 1. The van der Waals surface area contributed by atoms with Crippen LogP contribution in [0, 0.1) is 0 Å². The molecule has 8 nitrogen and oxygen atoms in total. The van der Waals surface area contributed by atoms with Gasteiger partial charge in [0.2, 0.25) is 0 Å². The number of carbonyl (C=O) groups is 2. The third-order valence-electron chi connectivity index (χ3n) is 6.02. The Labute approximate surface area is 246 Å². The first-order valence-electron chi connectivity index (χ1n) is 12.4. The number of alkyl halides is 9. The lowest BCUT2D eigenvalue weighted by Crippen LogP contribution is -2.42.